The van der Waals surface area contributed by atoms with Crippen molar-refractivity contribution in [2.24, 2.45) is 11.1 Å². The third-order valence-electron chi connectivity index (χ3n) is 7.93. The zero-order chi connectivity index (χ0) is 29.1. The molecule has 0 aromatic heterocycles. The van der Waals surface area contributed by atoms with Crippen molar-refractivity contribution in [1.82, 2.24) is 4.90 Å². The van der Waals surface area contributed by atoms with Gasteiger partial charge in [-0.2, -0.15) is 5.26 Å². The number of piperidine rings is 1. The average Bonchev–Trinajstić information content (AvgIpc) is 2.98. The van der Waals surface area contributed by atoms with E-state index in [0.29, 0.717) is 59.0 Å². The minimum atomic E-state index is -3.87. The molecule has 0 saturated carbocycles. The lowest BCUT2D eigenvalue weighted by atomic mass is 9.89. The molecule has 3 aromatic rings. The van der Waals surface area contributed by atoms with Gasteiger partial charge in [-0.25, -0.2) is 13.6 Å². The Labute approximate surface area is 250 Å². The molecule has 0 spiro atoms. The number of para-hydroxylation sites is 2. The summed E-state index contributed by atoms with van der Waals surface area (Å²) < 4.78 is 24.1. The van der Waals surface area contributed by atoms with Crippen molar-refractivity contribution in [3.05, 3.63) is 87.4 Å². The van der Waals surface area contributed by atoms with E-state index < -0.39 is 10.0 Å². The Morgan fingerprint density at radius 2 is 1.49 bits per heavy atom. The normalized spacial score (nSPS) is 16.5. The molecule has 0 radical (unpaired) electrons. The van der Waals surface area contributed by atoms with Gasteiger partial charge in [0.05, 0.1) is 27.5 Å². The van der Waals surface area contributed by atoms with E-state index >= 15 is 0 Å². The molecule has 11 heteroatoms. The van der Waals surface area contributed by atoms with Gasteiger partial charge in [0.25, 0.3) is 5.91 Å². The van der Waals surface area contributed by atoms with Crippen LogP contribution < -0.4 is 14.9 Å². The molecular formula is C30H31Cl2N5O3S. The van der Waals surface area contributed by atoms with Crippen molar-refractivity contribution >= 4 is 50.5 Å². The smallest absolute Gasteiger partial charge is 0.255 e. The van der Waals surface area contributed by atoms with E-state index in [1.165, 1.54) is 6.07 Å². The fraction of sp³-hybridized carbons (Fsp3) is 0.333. The largest absolute Gasteiger partial charge is 0.370 e. The fourth-order valence-corrected chi connectivity index (χ4v) is 7.02. The summed E-state index contributed by atoms with van der Waals surface area (Å²) in [4.78, 5) is 19.5. The number of primary sulfonamides is 1. The highest BCUT2D eigenvalue weighted by molar-refractivity contribution is 7.89. The number of nitrogens with zero attached hydrogens (tertiary/aromatic N) is 4. The molecule has 8 nitrogen and oxygen atoms in total. The number of anilines is 2. The number of hydrogen-bond acceptors (Lipinski definition) is 6. The van der Waals surface area contributed by atoms with Crippen LogP contribution in [-0.4, -0.2) is 58.5 Å². The van der Waals surface area contributed by atoms with Crippen LogP contribution in [-0.2, 0) is 16.4 Å². The van der Waals surface area contributed by atoms with E-state index in [1.54, 1.807) is 29.2 Å². The predicted molar refractivity (Wildman–Crippen MR) is 162 cm³/mol. The summed E-state index contributed by atoms with van der Waals surface area (Å²) in [6, 6.07) is 20.1. The number of benzene rings is 3. The van der Waals surface area contributed by atoms with E-state index in [-0.39, 0.29) is 10.8 Å². The van der Waals surface area contributed by atoms with Crippen LogP contribution in [0.1, 0.15) is 34.3 Å². The van der Waals surface area contributed by atoms with Gasteiger partial charge in [0.1, 0.15) is 11.0 Å². The SMILES string of the molecule is N#Cc1ccccc1N1CCC(Cc2cc(C(=O)N3CCN(c4ccccc4S(N)(=O)=O)CC3)c(Cl)cc2Cl)CC1. The molecule has 5 rings (SSSR count). The molecule has 41 heavy (non-hydrogen) atoms. The zero-order valence-electron chi connectivity index (χ0n) is 22.5. The summed E-state index contributed by atoms with van der Waals surface area (Å²) in [6.45, 7) is 3.44. The molecule has 2 saturated heterocycles. The minimum absolute atomic E-state index is 0.0743. The number of nitriles is 1. The molecule has 0 atom stereocenters. The van der Waals surface area contributed by atoms with Crippen molar-refractivity contribution in [1.29, 1.82) is 5.26 Å². The van der Waals surface area contributed by atoms with Gasteiger partial charge in [-0.1, -0.05) is 47.5 Å². The second-order valence-electron chi connectivity index (χ2n) is 10.5. The Hall–Kier alpha value is -3.29. The molecule has 3 aromatic carbocycles. The first kappa shape index (κ1) is 29.2. The van der Waals surface area contributed by atoms with Gasteiger partial charge in [-0.05, 0) is 67.1 Å². The number of carbonyl (C=O) groups excluding carboxylic acids is 1. The van der Waals surface area contributed by atoms with Crippen LogP contribution in [0.2, 0.25) is 10.0 Å². The topological polar surface area (TPSA) is 111 Å². The lowest BCUT2D eigenvalue weighted by Crippen LogP contribution is -2.49. The number of amides is 1. The summed E-state index contributed by atoms with van der Waals surface area (Å²) in [7, 11) is -3.87. The van der Waals surface area contributed by atoms with Crippen LogP contribution in [0.5, 0.6) is 0 Å². The van der Waals surface area contributed by atoms with Gasteiger partial charge >= 0.3 is 0 Å². The van der Waals surface area contributed by atoms with E-state index in [1.807, 2.05) is 35.2 Å². The number of halogens is 2. The number of rotatable bonds is 6. The number of nitrogens with two attached hydrogens (primary N) is 1. The Morgan fingerprint density at radius 1 is 0.878 bits per heavy atom. The molecule has 2 heterocycles. The summed E-state index contributed by atoms with van der Waals surface area (Å²) in [5, 5.41) is 15.7. The van der Waals surface area contributed by atoms with Crippen molar-refractivity contribution in [3.63, 3.8) is 0 Å². The average molecular weight is 613 g/mol. The van der Waals surface area contributed by atoms with Crippen LogP contribution in [0, 0.1) is 17.2 Å². The first-order valence-electron chi connectivity index (χ1n) is 13.5. The third kappa shape index (κ3) is 6.47. The predicted octanol–water partition coefficient (Wildman–Crippen LogP) is 4.93. The second-order valence-corrected chi connectivity index (χ2v) is 12.8. The fourth-order valence-electron chi connectivity index (χ4n) is 5.73. The van der Waals surface area contributed by atoms with Crippen molar-refractivity contribution < 1.29 is 13.2 Å². The Kier molecular flexibility index (Phi) is 8.76. The maximum Gasteiger partial charge on any atom is 0.255 e. The quantitative estimate of drug-likeness (QED) is 0.423. The van der Waals surface area contributed by atoms with Gasteiger partial charge in [0.2, 0.25) is 10.0 Å². The molecule has 2 fully saturated rings. The molecule has 2 aliphatic rings. The summed E-state index contributed by atoms with van der Waals surface area (Å²) in [6.07, 6.45) is 2.63. The number of hydrogen-bond donors (Lipinski definition) is 1. The van der Waals surface area contributed by atoms with E-state index in [2.05, 4.69) is 11.0 Å². The number of piperazine rings is 1. The minimum Gasteiger partial charge on any atom is -0.370 e. The van der Waals surface area contributed by atoms with E-state index in [0.717, 1.165) is 43.6 Å². The maximum atomic E-state index is 13.5. The van der Waals surface area contributed by atoms with E-state index in [9.17, 15) is 18.5 Å². The molecule has 1 amide bonds. The molecule has 214 valence electrons. The van der Waals surface area contributed by atoms with Crippen molar-refractivity contribution in [3.8, 4) is 6.07 Å². The van der Waals surface area contributed by atoms with Crippen molar-refractivity contribution in [2.75, 3.05) is 49.1 Å². The summed E-state index contributed by atoms with van der Waals surface area (Å²) in [5.74, 6) is 0.222. The standard InChI is InChI=1S/C30H31Cl2N5O3S/c31-25-19-26(32)24(18-23(25)17-21-9-11-35(12-10-21)27-6-2-1-5-22(27)20-33)30(38)37-15-13-36(14-16-37)28-7-3-4-8-29(28)41(34,39)40/h1-8,18-19,21H,9-17H2,(H2,34,39,40). The Morgan fingerprint density at radius 3 is 2.15 bits per heavy atom. The lowest BCUT2D eigenvalue weighted by molar-refractivity contribution is 0.0746. The Bertz CT molecular complexity index is 1590. The molecule has 2 aliphatic heterocycles. The highest BCUT2D eigenvalue weighted by atomic mass is 35.5. The van der Waals surface area contributed by atoms with Gasteiger partial charge in [-0.15, -0.1) is 0 Å². The van der Waals surface area contributed by atoms with Crippen molar-refractivity contribution in [2.45, 2.75) is 24.2 Å². The van der Waals surface area contributed by atoms with E-state index in [4.69, 9.17) is 28.3 Å². The highest BCUT2D eigenvalue weighted by Gasteiger charge is 2.28. The summed E-state index contributed by atoms with van der Waals surface area (Å²) in [5.41, 5.74) is 3.51. The molecule has 0 aliphatic carbocycles. The third-order valence-corrected chi connectivity index (χ3v) is 9.56. The van der Waals surface area contributed by atoms with Crippen LogP contribution in [0.4, 0.5) is 11.4 Å². The highest BCUT2D eigenvalue weighted by Crippen LogP contribution is 2.33. The second kappa shape index (κ2) is 12.3. The van der Waals surface area contributed by atoms with Gasteiger partial charge in [-0.3, -0.25) is 4.79 Å². The number of carbonyl (C=O) groups is 1. The lowest BCUT2D eigenvalue weighted by Gasteiger charge is -2.37. The molecule has 0 bridgehead atoms. The molecule has 0 unspecified atom stereocenters. The van der Waals surface area contributed by atoms with Crippen LogP contribution >= 0.6 is 23.2 Å². The first-order chi connectivity index (χ1) is 19.7. The molecular weight excluding hydrogens is 581 g/mol. The van der Waals surface area contributed by atoms with Gasteiger partial charge in [0, 0.05) is 44.3 Å². The van der Waals surface area contributed by atoms with Crippen LogP contribution in [0.25, 0.3) is 0 Å². The molecule has 2 N–H and O–H groups in total. The Balaban J connectivity index is 1.24. The maximum absolute atomic E-state index is 13.5. The zero-order valence-corrected chi connectivity index (χ0v) is 24.8. The van der Waals surface area contributed by atoms with Crippen LogP contribution in [0.15, 0.2) is 65.6 Å². The monoisotopic (exact) mass is 611 g/mol. The first-order valence-corrected chi connectivity index (χ1v) is 15.8. The van der Waals surface area contributed by atoms with Gasteiger partial charge < -0.3 is 14.7 Å². The summed E-state index contributed by atoms with van der Waals surface area (Å²) >= 11 is 13.1. The van der Waals surface area contributed by atoms with Gasteiger partial charge in [0.15, 0.2) is 0 Å². The van der Waals surface area contributed by atoms with Crippen LogP contribution in [0.3, 0.4) is 0 Å². The number of sulfonamides is 1.